The summed E-state index contributed by atoms with van der Waals surface area (Å²) in [6.45, 7) is 9.24. The van der Waals surface area contributed by atoms with Gasteiger partial charge in [0, 0.05) is 6.42 Å². The van der Waals surface area contributed by atoms with Crippen molar-refractivity contribution < 1.29 is 9.53 Å². The standard InChI is InChI=1S/C7H11O2/c1-4-5-7(2,3)9-6-8/h4,6H,1-2,5H2,3H3/t7-/m1/s1. The first-order valence-corrected chi connectivity index (χ1v) is 2.70. The second-order valence-corrected chi connectivity index (χ2v) is 2.16. The van der Waals surface area contributed by atoms with Crippen LogP contribution in [0.4, 0.5) is 0 Å². The minimum Gasteiger partial charge on any atom is -0.461 e. The maximum atomic E-state index is 9.80. The van der Waals surface area contributed by atoms with Gasteiger partial charge in [-0.15, -0.1) is 6.58 Å². The molecule has 2 heteroatoms. The summed E-state index contributed by atoms with van der Waals surface area (Å²) in [5.41, 5.74) is -0.635. The Labute approximate surface area is 55.5 Å². The van der Waals surface area contributed by atoms with Crippen LogP contribution in [0.25, 0.3) is 0 Å². The van der Waals surface area contributed by atoms with Crippen LogP contribution in [-0.2, 0) is 9.53 Å². The molecule has 0 saturated heterocycles. The molecule has 0 spiro atoms. The summed E-state index contributed by atoms with van der Waals surface area (Å²) in [5, 5.41) is 0. The molecule has 0 aromatic heterocycles. The number of hydrogen-bond donors (Lipinski definition) is 0. The molecular weight excluding hydrogens is 116 g/mol. The zero-order valence-electron chi connectivity index (χ0n) is 5.59. The minimum atomic E-state index is -0.635. The molecule has 0 amide bonds. The van der Waals surface area contributed by atoms with Gasteiger partial charge in [0.05, 0.1) is 0 Å². The summed E-state index contributed by atoms with van der Waals surface area (Å²) in [7, 11) is 0. The maximum Gasteiger partial charge on any atom is 0.293 e. The third-order valence-electron chi connectivity index (χ3n) is 0.909. The molecule has 2 nitrogen and oxygen atoms in total. The lowest BCUT2D eigenvalue weighted by atomic mass is 10.1. The van der Waals surface area contributed by atoms with E-state index in [2.05, 4.69) is 18.2 Å². The average Bonchev–Trinajstić information content (AvgIpc) is 1.64. The van der Waals surface area contributed by atoms with Crippen molar-refractivity contribution >= 4 is 6.47 Å². The van der Waals surface area contributed by atoms with Crippen molar-refractivity contribution in [2.45, 2.75) is 18.9 Å². The molecule has 0 unspecified atom stereocenters. The van der Waals surface area contributed by atoms with E-state index in [1.165, 1.54) is 0 Å². The van der Waals surface area contributed by atoms with Crippen LogP contribution in [0.15, 0.2) is 12.7 Å². The van der Waals surface area contributed by atoms with E-state index in [0.29, 0.717) is 12.9 Å². The van der Waals surface area contributed by atoms with E-state index in [1.807, 2.05) is 0 Å². The first kappa shape index (κ1) is 8.21. The minimum absolute atomic E-state index is 0.399. The zero-order chi connectivity index (χ0) is 7.33. The van der Waals surface area contributed by atoms with Gasteiger partial charge in [0.15, 0.2) is 0 Å². The van der Waals surface area contributed by atoms with Crippen molar-refractivity contribution in [1.29, 1.82) is 0 Å². The normalized spacial score (nSPS) is 10.4. The number of hydrogen-bond acceptors (Lipinski definition) is 2. The van der Waals surface area contributed by atoms with E-state index < -0.39 is 5.60 Å². The molecule has 0 fully saturated rings. The molecule has 0 rings (SSSR count). The van der Waals surface area contributed by atoms with Gasteiger partial charge in [0.25, 0.3) is 6.47 Å². The fourth-order valence-corrected chi connectivity index (χ4v) is 0.470. The van der Waals surface area contributed by atoms with Crippen molar-refractivity contribution in [2.24, 2.45) is 0 Å². The summed E-state index contributed by atoms with van der Waals surface area (Å²) < 4.78 is 4.61. The van der Waals surface area contributed by atoms with E-state index in [9.17, 15) is 4.79 Å². The van der Waals surface area contributed by atoms with Crippen molar-refractivity contribution in [3.63, 3.8) is 0 Å². The second-order valence-electron chi connectivity index (χ2n) is 2.16. The lowest BCUT2D eigenvalue weighted by Gasteiger charge is -2.19. The highest BCUT2D eigenvalue weighted by molar-refractivity contribution is 5.38. The molecule has 0 heterocycles. The largest absolute Gasteiger partial charge is 0.461 e. The Morgan fingerprint density at radius 2 is 2.33 bits per heavy atom. The summed E-state index contributed by atoms with van der Waals surface area (Å²) in [6, 6.07) is 0. The third-order valence-corrected chi connectivity index (χ3v) is 0.909. The molecule has 51 valence electrons. The van der Waals surface area contributed by atoms with Gasteiger partial charge < -0.3 is 4.74 Å². The van der Waals surface area contributed by atoms with Crippen LogP contribution in [0.3, 0.4) is 0 Å². The van der Waals surface area contributed by atoms with Gasteiger partial charge in [-0.1, -0.05) is 6.08 Å². The van der Waals surface area contributed by atoms with Crippen molar-refractivity contribution in [1.82, 2.24) is 0 Å². The molecule has 0 aliphatic rings. The van der Waals surface area contributed by atoms with Gasteiger partial charge in [-0.25, -0.2) is 0 Å². The van der Waals surface area contributed by atoms with Crippen LogP contribution in [-0.4, -0.2) is 12.1 Å². The molecule has 0 saturated carbocycles. The first-order valence-electron chi connectivity index (χ1n) is 2.70. The van der Waals surface area contributed by atoms with Gasteiger partial charge in [-0.05, 0) is 13.8 Å². The van der Waals surface area contributed by atoms with Crippen LogP contribution in [0, 0.1) is 6.92 Å². The SMILES string of the molecule is [CH2][C@@](C)(CC=C)OC=O. The molecule has 0 aliphatic carbocycles. The predicted octanol–water partition coefficient (Wildman–Crippen LogP) is 1.33. The van der Waals surface area contributed by atoms with Gasteiger partial charge in [-0.3, -0.25) is 4.79 Å². The molecule has 1 atom stereocenters. The van der Waals surface area contributed by atoms with Gasteiger partial charge in [0.2, 0.25) is 0 Å². The van der Waals surface area contributed by atoms with Crippen LogP contribution in [0.1, 0.15) is 13.3 Å². The summed E-state index contributed by atoms with van der Waals surface area (Å²) in [6.07, 6.45) is 2.24. The predicted molar refractivity (Wildman–Crippen MR) is 35.7 cm³/mol. The van der Waals surface area contributed by atoms with Gasteiger partial charge in [-0.2, -0.15) is 0 Å². The number of rotatable bonds is 4. The van der Waals surface area contributed by atoms with Crippen molar-refractivity contribution in [3.05, 3.63) is 19.6 Å². The summed E-state index contributed by atoms with van der Waals surface area (Å²) in [4.78, 5) is 9.80. The van der Waals surface area contributed by atoms with Gasteiger partial charge in [0.1, 0.15) is 5.60 Å². The number of carbonyl (C=O) groups excluding carboxylic acids is 1. The smallest absolute Gasteiger partial charge is 0.293 e. The van der Waals surface area contributed by atoms with E-state index in [0.717, 1.165) is 0 Å². The quantitative estimate of drug-likeness (QED) is 0.420. The Morgan fingerprint density at radius 3 is 2.67 bits per heavy atom. The Balaban J connectivity index is 3.68. The average molecular weight is 127 g/mol. The molecule has 0 aromatic carbocycles. The molecule has 0 bridgehead atoms. The Morgan fingerprint density at radius 1 is 1.78 bits per heavy atom. The molecule has 1 radical (unpaired) electrons. The van der Waals surface area contributed by atoms with Crippen LogP contribution < -0.4 is 0 Å². The fourth-order valence-electron chi connectivity index (χ4n) is 0.470. The highest BCUT2D eigenvalue weighted by Crippen LogP contribution is 2.11. The van der Waals surface area contributed by atoms with Crippen LogP contribution in [0.2, 0.25) is 0 Å². The molecular formula is C7H11O2. The molecule has 0 N–H and O–H groups in total. The fraction of sp³-hybridized carbons (Fsp3) is 0.429. The number of ether oxygens (including phenoxy) is 1. The van der Waals surface area contributed by atoms with E-state index in [-0.39, 0.29) is 0 Å². The van der Waals surface area contributed by atoms with Crippen molar-refractivity contribution in [2.75, 3.05) is 0 Å². The van der Waals surface area contributed by atoms with Crippen LogP contribution >= 0.6 is 0 Å². The van der Waals surface area contributed by atoms with Gasteiger partial charge >= 0.3 is 0 Å². The maximum absolute atomic E-state index is 9.80. The zero-order valence-corrected chi connectivity index (χ0v) is 5.59. The second kappa shape index (κ2) is 3.28. The monoisotopic (exact) mass is 127 g/mol. The Hall–Kier alpha value is -0.790. The Bertz CT molecular complexity index is 93.5. The lowest BCUT2D eigenvalue weighted by Crippen LogP contribution is -2.22. The number of carbonyl (C=O) groups is 1. The molecule has 0 aliphatic heterocycles. The van der Waals surface area contributed by atoms with E-state index in [4.69, 9.17) is 0 Å². The van der Waals surface area contributed by atoms with E-state index in [1.54, 1.807) is 13.0 Å². The van der Waals surface area contributed by atoms with E-state index >= 15 is 0 Å². The summed E-state index contributed by atoms with van der Waals surface area (Å²) >= 11 is 0. The van der Waals surface area contributed by atoms with Crippen molar-refractivity contribution in [3.8, 4) is 0 Å². The third kappa shape index (κ3) is 3.76. The summed E-state index contributed by atoms with van der Waals surface area (Å²) in [5.74, 6) is 0. The molecule has 0 aromatic rings. The highest BCUT2D eigenvalue weighted by Gasteiger charge is 2.15. The highest BCUT2D eigenvalue weighted by atomic mass is 16.5. The Kier molecular flexibility index (Phi) is 2.99. The molecule has 9 heavy (non-hydrogen) atoms. The first-order chi connectivity index (χ1) is 4.12. The van der Waals surface area contributed by atoms with Crippen LogP contribution in [0.5, 0.6) is 0 Å². The lowest BCUT2D eigenvalue weighted by molar-refractivity contribution is -0.137. The topological polar surface area (TPSA) is 26.3 Å².